The Morgan fingerprint density at radius 3 is 2.71 bits per heavy atom. The minimum Gasteiger partial charge on any atom is -0.383 e. The lowest BCUT2D eigenvalue weighted by molar-refractivity contribution is 0.0616. The van der Waals surface area contributed by atoms with Gasteiger partial charge in [0.1, 0.15) is 11.4 Å². The van der Waals surface area contributed by atoms with Crippen LogP contribution in [0.1, 0.15) is 30.5 Å². The van der Waals surface area contributed by atoms with Crippen molar-refractivity contribution in [3.8, 4) is 0 Å². The second kappa shape index (κ2) is 9.66. The first kappa shape index (κ1) is 21.8. The molecule has 2 aromatic rings. The highest BCUT2D eigenvalue weighted by Crippen LogP contribution is 2.18. The van der Waals surface area contributed by atoms with E-state index >= 15 is 0 Å². The van der Waals surface area contributed by atoms with Crippen molar-refractivity contribution >= 4 is 5.96 Å². The maximum Gasteiger partial charge on any atom is 0.191 e. The van der Waals surface area contributed by atoms with Crippen molar-refractivity contribution in [1.82, 2.24) is 25.3 Å². The zero-order valence-corrected chi connectivity index (χ0v) is 17.3. The highest BCUT2D eigenvalue weighted by Gasteiger charge is 2.25. The second-order valence-electron chi connectivity index (χ2n) is 7.39. The predicted octanol–water partition coefficient (Wildman–Crippen LogP) is 1.58. The average Bonchev–Trinajstić information content (AvgIpc) is 3.07. The fraction of sp³-hybridized carbons (Fsp3) is 0.500. The van der Waals surface area contributed by atoms with E-state index in [4.69, 9.17) is 0 Å². The molecule has 0 aliphatic rings. The molecule has 0 amide bonds. The lowest BCUT2D eigenvalue weighted by Crippen LogP contribution is -2.44. The first-order chi connectivity index (χ1) is 13.2. The third-order valence-corrected chi connectivity index (χ3v) is 4.29. The van der Waals surface area contributed by atoms with E-state index in [-0.39, 0.29) is 12.4 Å². The number of nitrogens with zero attached hydrogens (tertiary/aromatic N) is 4. The zero-order valence-electron chi connectivity index (χ0n) is 17.3. The summed E-state index contributed by atoms with van der Waals surface area (Å²) in [5, 5.41) is 21.1. The van der Waals surface area contributed by atoms with E-state index in [0.717, 1.165) is 11.1 Å². The Labute approximate surface area is 166 Å². The van der Waals surface area contributed by atoms with Crippen LogP contribution in [0.4, 0.5) is 4.39 Å². The van der Waals surface area contributed by atoms with Crippen LogP contribution in [-0.2, 0) is 25.7 Å². The van der Waals surface area contributed by atoms with Crippen molar-refractivity contribution in [3.63, 3.8) is 0 Å². The highest BCUT2D eigenvalue weighted by molar-refractivity contribution is 5.79. The van der Waals surface area contributed by atoms with Gasteiger partial charge < -0.3 is 20.6 Å². The largest absolute Gasteiger partial charge is 0.383 e. The Balaban J connectivity index is 2.06. The van der Waals surface area contributed by atoms with Gasteiger partial charge in [-0.3, -0.25) is 4.68 Å². The number of hydrogen-bond donors (Lipinski definition) is 3. The van der Waals surface area contributed by atoms with Crippen LogP contribution in [-0.4, -0.2) is 52.9 Å². The monoisotopic (exact) mass is 390 g/mol. The molecule has 1 atom stereocenters. The van der Waals surface area contributed by atoms with E-state index in [1.165, 1.54) is 6.07 Å². The number of rotatable bonds is 8. The van der Waals surface area contributed by atoms with Gasteiger partial charge in [0.15, 0.2) is 5.96 Å². The van der Waals surface area contributed by atoms with Crippen LogP contribution in [0.3, 0.4) is 0 Å². The Morgan fingerprint density at radius 1 is 1.36 bits per heavy atom. The molecule has 1 unspecified atom stereocenters. The molecule has 28 heavy (non-hydrogen) atoms. The van der Waals surface area contributed by atoms with Gasteiger partial charge >= 0.3 is 0 Å². The molecule has 8 heteroatoms. The molecule has 0 radical (unpaired) electrons. The highest BCUT2D eigenvalue weighted by atomic mass is 19.1. The molecule has 3 N–H and O–H groups in total. The molecule has 0 saturated carbocycles. The third-order valence-electron chi connectivity index (χ3n) is 4.29. The first-order valence-corrected chi connectivity index (χ1v) is 9.37. The van der Waals surface area contributed by atoms with Crippen LogP contribution in [0.15, 0.2) is 35.6 Å². The van der Waals surface area contributed by atoms with Gasteiger partial charge in [0, 0.05) is 37.5 Å². The number of aliphatic imine (C=N–C) groups is 1. The molecule has 0 saturated heterocycles. The number of halogens is 1. The smallest absolute Gasteiger partial charge is 0.191 e. The minimum absolute atomic E-state index is 0.209. The van der Waals surface area contributed by atoms with E-state index < -0.39 is 5.60 Å². The predicted molar refractivity (Wildman–Crippen MR) is 109 cm³/mol. The van der Waals surface area contributed by atoms with E-state index in [1.54, 1.807) is 30.1 Å². The van der Waals surface area contributed by atoms with Crippen molar-refractivity contribution in [3.05, 3.63) is 53.1 Å². The maximum absolute atomic E-state index is 13.9. The Hall–Kier alpha value is -2.45. The van der Waals surface area contributed by atoms with Crippen molar-refractivity contribution < 1.29 is 9.50 Å². The van der Waals surface area contributed by atoms with Gasteiger partial charge in [-0.2, -0.15) is 5.10 Å². The van der Waals surface area contributed by atoms with Gasteiger partial charge in [-0.15, -0.1) is 0 Å². The van der Waals surface area contributed by atoms with Crippen LogP contribution < -0.4 is 10.6 Å². The molecule has 0 spiro atoms. The van der Waals surface area contributed by atoms with Gasteiger partial charge in [-0.25, -0.2) is 9.38 Å². The summed E-state index contributed by atoms with van der Waals surface area (Å²) in [5.41, 5.74) is 1.22. The van der Waals surface area contributed by atoms with Crippen LogP contribution in [0, 0.1) is 5.82 Å². The number of benzene rings is 1. The van der Waals surface area contributed by atoms with E-state index in [2.05, 4.69) is 20.7 Å². The number of aromatic nitrogens is 2. The summed E-state index contributed by atoms with van der Waals surface area (Å²) in [5.74, 6) is 0.379. The number of aliphatic hydroxyl groups is 1. The molecule has 154 valence electrons. The molecule has 1 aromatic carbocycles. The molecule has 1 aromatic heterocycles. The number of aryl methyl sites for hydroxylation is 1. The fourth-order valence-corrected chi connectivity index (χ4v) is 2.76. The van der Waals surface area contributed by atoms with E-state index in [1.807, 2.05) is 39.0 Å². The minimum atomic E-state index is -1.08. The molecule has 0 bridgehead atoms. The average molecular weight is 391 g/mol. The molecule has 0 aliphatic carbocycles. The summed E-state index contributed by atoms with van der Waals surface area (Å²) in [6.07, 6.45) is 3.44. The second-order valence-corrected chi connectivity index (χ2v) is 7.39. The lowest BCUT2D eigenvalue weighted by atomic mass is 10.00. The third kappa shape index (κ3) is 6.31. The molecule has 0 fully saturated rings. The normalized spacial score (nSPS) is 14.2. The standard InChI is InChI=1S/C20H31FN6O/c1-6-22-19(24-14-20(2,28)17-11-25-27(5)13-17)23-10-15-7-8-18(21)16(9-15)12-26(3)4/h7-9,11,13,28H,6,10,12,14H2,1-5H3,(H2,22,23,24). The summed E-state index contributed by atoms with van der Waals surface area (Å²) in [4.78, 5) is 6.49. The summed E-state index contributed by atoms with van der Waals surface area (Å²) in [6, 6.07) is 5.07. The van der Waals surface area contributed by atoms with Gasteiger partial charge in [0.05, 0.1) is 19.3 Å². The molecular formula is C20H31FN6O. The molecular weight excluding hydrogens is 359 g/mol. The summed E-state index contributed by atoms with van der Waals surface area (Å²) in [6.45, 7) is 5.62. The summed E-state index contributed by atoms with van der Waals surface area (Å²) in [7, 11) is 5.63. The van der Waals surface area contributed by atoms with Crippen LogP contribution in [0.25, 0.3) is 0 Å². The molecule has 1 heterocycles. The number of hydrogen-bond acceptors (Lipinski definition) is 4. The van der Waals surface area contributed by atoms with Crippen LogP contribution in [0.5, 0.6) is 0 Å². The first-order valence-electron chi connectivity index (χ1n) is 9.37. The SMILES string of the molecule is CCNC(=NCc1ccc(F)c(CN(C)C)c1)NCC(C)(O)c1cnn(C)c1. The maximum atomic E-state index is 13.9. The Bertz CT molecular complexity index is 800. The number of guanidine groups is 1. The van der Waals surface area contributed by atoms with E-state index in [0.29, 0.717) is 31.2 Å². The molecule has 0 aliphatic heterocycles. The summed E-state index contributed by atoms with van der Waals surface area (Å²) < 4.78 is 15.6. The van der Waals surface area contributed by atoms with Crippen LogP contribution in [0.2, 0.25) is 0 Å². The fourth-order valence-electron chi connectivity index (χ4n) is 2.76. The topological polar surface area (TPSA) is 77.7 Å². The van der Waals surface area contributed by atoms with Crippen molar-refractivity contribution in [2.45, 2.75) is 32.5 Å². The molecule has 2 rings (SSSR count). The Kier molecular flexibility index (Phi) is 7.53. The van der Waals surface area contributed by atoms with E-state index in [9.17, 15) is 9.50 Å². The number of nitrogens with one attached hydrogen (secondary N) is 2. The van der Waals surface area contributed by atoms with Gasteiger partial charge in [-0.05, 0) is 45.6 Å². The van der Waals surface area contributed by atoms with Crippen molar-refractivity contribution in [1.29, 1.82) is 0 Å². The Morgan fingerprint density at radius 2 is 2.11 bits per heavy atom. The zero-order chi connectivity index (χ0) is 20.7. The van der Waals surface area contributed by atoms with Crippen molar-refractivity contribution in [2.24, 2.45) is 12.0 Å². The lowest BCUT2D eigenvalue weighted by Gasteiger charge is -2.23. The van der Waals surface area contributed by atoms with Gasteiger partial charge in [0.2, 0.25) is 0 Å². The van der Waals surface area contributed by atoms with Crippen molar-refractivity contribution in [2.75, 3.05) is 27.2 Å². The quantitative estimate of drug-likeness (QED) is 0.471. The summed E-state index contributed by atoms with van der Waals surface area (Å²) >= 11 is 0. The van der Waals surface area contributed by atoms with Crippen LogP contribution >= 0.6 is 0 Å². The molecule has 7 nitrogen and oxygen atoms in total. The van der Waals surface area contributed by atoms with Gasteiger partial charge in [-0.1, -0.05) is 6.07 Å². The van der Waals surface area contributed by atoms with Gasteiger partial charge in [0.25, 0.3) is 0 Å².